The molecule has 1 fully saturated rings. The van der Waals surface area contributed by atoms with Gasteiger partial charge >= 0.3 is 7.12 Å². The van der Waals surface area contributed by atoms with Crippen LogP contribution in [0.1, 0.15) is 27.7 Å². The highest BCUT2D eigenvalue weighted by Crippen LogP contribution is 2.37. The van der Waals surface area contributed by atoms with Crippen molar-refractivity contribution in [3.05, 3.63) is 23.2 Å². The first-order valence-corrected chi connectivity index (χ1v) is 7.41. The van der Waals surface area contributed by atoms with Crippen molar-refractivity contribution in [2.45, 2.75) is 38.9 Å². The largest absolute Gasteiger partial charge is 0.494 e. The maximum absolute atomic E-state index is 6.15. The quantitative estimate of drug-likeness (QED) is 0.619. The van der Waals surface area contributed by atoms with E-state index in [1.54, 1.807) is 13.2 Å². The molecule has 116 valence electrons. The van der Waals surface area contributed by atoms with E-state index < -0.39 is 7.12 Å². The van der Waals surface area contributed by atoms with E-state index in [0.29, 0.717) is 24.0 Å². The molecule has 1 saturated heterocycles. The standard InChI is InChI=1S/C15H22BClO4/c1-14(2)15(3,4)21-16(20-14)11-6-7-12(17)13(10-11)19-9-8-18-5/h6-7,10H,8-9H2,1-5H3. The van der Waals surface area contributed by atoms with Crippen molar-refractivity contribution in [1.29, 1.82) is 0 Å². The normalized spacial score (nSPS) is 19.8. The molecule has 0 spiro atoms. The molecular weight excluding hydrogens is 290 g/mol. The summed E-state index contributed by atoms with van der Waals surface area (Å²) in [4.78, 5) is 0. The molecule has 1 aliphatic rings. The van der Waals surface area contributed by atoms with Gasteiger partial charge in [-0.1, -0.05) is 17.7 Å². The van der Waals surface area contributed by atoms with Gasteiger partial charge in [0.2, 0.25) is 0 Å². The summed E-state index contributed by atoms with van der Waals surface area (Å²) in [5.74, 6) is 0.612. The van der Waals surface area contributed by atoms with Gasteiger partial charge in [0.05, 0.1) is 22.8 Å². The van der Waals surface area contributed by atoms with Crippen LogP contribution in [0.3, 0.4) is 0 Å². The molecule has 0 amide bonds. The van der Waals surface area contributed by atoms with Crippen molar-refractivity contribution in [2.24, 2.45) is 0 Å². The SMILES string of the molecule is COCCOc1cc(B2OC(C)(C)C(C)(C)O2)ccc1Cl. The zero-order valence-corrected chi connectivity index (χ0v) is 14.0. The van der Waals surface area contributed by atoms with E-state index in [-0.39, 0.29) is 11.2 Å². The van der Waals surface area contributed by atoms with Gasteiger partial charge in [0, 0.05) is 7.11 Å². The highest BCUT2D eigenvalue weighted by molar-refractivity contribution is 6.62. The molecule has 1 aromatic carbocycles. The van der Waals surface area contributed by atoms with Crippen molar-refractivity contribution in [2.75, 3.05) is 20.3 Å². The van der Waals surface area contributed by atoms with Gasteiger partial charge in [0.15, 0.2) is 0 Å². The van der Waals surface area contributed by atoms with Crippen molar-refractivity contribution in [3.63, 3.8) is 0 Å². The van der Waals surface area contributed by atoms with E-state index >= 15 is 0 Å². The average molecular weight is 313 g/mol. The van der Waals surface area contributed by atoms with Gasteiger partial charge in [0.25, 0.3) is 0 Å². The van der Waals surface area contributed by atoms with Crippen LogP contribution in [-0.2, 0) is 14.0 Å². The van der Waals surface area contributed by atoms with Gasteiger partial charge in [-0.2, -0.15) is 0 Å². The fourth-order valence-electron chi connectivity index (χ4n) is 1.99. The number of benzene rings is 1. The minimum absolute atomic E-state index is 0.367. The van der Waals surface area contributed by atoms with E-state index in [9.17, 15) is 0 Å². The molecule has 21 heavy (non-hydrogen) atoms. The number of halogens is 1. The van der Waals surface area contributed by atoms with Crippen LogP contribution in [-0.4, -0.2) is 38.6 Å². The monoisotopic (exact) mass is 312 g/mol. The fraction of sp³-hybridized carbons (Fsp3) is 0.600. The van der Waals surface area contributed by atoms with Crippen LogP contribution in [0.25, 0.3) is 0 Å². The topological polar surface area (TPSA) is 36.9 Å². The van der Waals surface area contributed by atoms with Crippen LogP contribution in [0, 0.1) is 0 Å². The van der Waals surface area contributed by atoms with E-state index in [4.69, 9.17) is 30.4 Å². The number of hydrogen-bond acceptors (Lipinski definition) is 4. The number of ether oxygens (including phenoxy) is 2. The Morgan fingerprint density at radius 2 is 1.71 bits per heavy atom. The van der Waals surface area contributed by atoms with Gasteiger partial charge in [-0.15, -0.1) is 0 Å². The van der Waals surface area contributed by atoms with E-state index in [0.717, 1.165) is 5.46 Å². The molecule has 4 nitrogen and oxygen atoms in total. The van der Waals surface area contributed by atoms with Crippen LogP contribution < -0.4 is 10.2 Å². The molecule has 0 radical (unpaired) electrons. The first kappa shape index (κ1) is 16.6. The molecule has 0 atom stereocenters. The lowest BCUT2D eigenvalue weighted by Crippen LogP contribution is -2.41. The maximum Gasteiger partial charge on any atom is 0.494 e. The third-order valence-corrected chi connectivity index (χ3v) is 4.34. The zero-order chi connectivity index (χ0) is 15.7. The second kappa shape index (κ2) is 6.17. The summed E-state index contributed by atoms with van der Waals surface area (Å²) in [7, 11) is 1.21. The molecule has 0 bridgehead atoms. The first-order valence-electron chi connectivity index (χ1n) is 7.04. The van der Waals surface area contributed by atoms with Crippen molar-refractivity contribution in [1.82, 2.24) is 0 Å². The van der Waals surface area contributed by atoms with Crippen LogP contribution >= 0.6 is 11.6 Å². The Balaban J connectivity index is 2.16. The minimum Gasteiger partial charge on any atom is -0.490 e. The molecule has 1 aliphatic heterocycles. The van der Waals surface area contributed by atoms with Gasteiger partial charge < -0.3 is 18.8 Å². The maximum atomic E-state index is 6.15. The summed E-state index contributed by atoms with van der Waals surface area (Å²) in [6.07, 6.45) is 0. The number of rotatable bonds is 5. The predicted molar refractivity (Wildman–Crippen MR) is 84.5 cm³/mol. The lowest BCUT2D eigenvalue weighted by Gasteiger charge is -2.32. The molecule has 0 unspecified atom stereocenters. The summed E-state index contributed by atoms with van der Waals surface area (Å²) in [6.45, 7) is 9.07. The number of hydrogen-bond donors (Lipinski definition) is 0. The Kier molecular flexibility index (Phi) is 4.88. The van der Waals surface area contributed by atoms with Crippen LogP contribution in [0.2, 0.25) is 5.02 Å². The molecule has 0 aliphatic carbocycles. The highest BCUT2D eigenvalue weighted by atomic mass is 35.5. The lowest BCUT2D eigenvalue weighted by atomic mass is 9.79. The smallest absolute Gasteiger partial charge is 0.490 e. The van der Waals surface area contributed by atoms with E-state index in [1.165, 1.54) is 0 Å². The number of methoxy groups -OCH3 is 1. The van der Waals surface area contributed by atoms with Gasteiger partial charge in [0.1, 0.15) is 12.4 Å². The lowest BCUT2D eigenvalue weighted by molar-refractivity contribution is 0.00578. The van der Waals surface area contributed by atoms with Gasteiger partial charge in [-0.25, -0.2) is 0 Å². The highest BCUT2D eigenvalue weighted by Gasteiger charge is 2.51. The van der Waals surface area contributed by atoms with Crippen LogP contribution in [0.15, 0.2) is 18.2 Å². The molecule has 6 heteroatoms. The molecule has 1 aromatic rings. The third kappa shape index (κ3) is 3.54. The molecule has 0 aromatic heterocycles. The summed E-state index contributed by atoms with van der Waals surface area (Å²) >= 11 is 6.15. The Morgan fingerprint density at radius 1 is 1.10 bits per heavy atom. The van der Waals surface area contributed by atoms with E-state index in [2.05, 4.69) is 0 Å². The Hall–Kier alpha value is -0.745. The van der Waals surface area contributed by atoms with Crippen LogP contribution in [0.5, 0.6) is 5.75 Å². The average Bonchev–Trinajstić information content (AvgIpc) is 2.61. The molecular formula is C15H22BClO4. The molecule has 0 saturated carbocycles. The van der Waals surface area contributed by atoms with Crippen LogP contribution in [0.4, 0.5) is 0 Å². The summed E-state index contributed by atoms with van der Waals surface area (Å²) in [5, 5.41) is 0.561. The Bertz CT molecular complexity index is 488. The summed E-state index contributed by atoms with van der Waals surface area (Å²) < 4.78 is 22.6. The Morgan fingerprint density at radius 3 is 2.29 bits per heavy atom. The molecule has 0 N–H and O–H groups in total. The summed E-state index contributed by atoms with van der Waals surface area (Å²) in [6, 6.07) is 5.55. The summed E-state index contributed by atoms with van der Waals surface area (Å²) in [5.41, 5.74) is 0.161. The second-order valence-corrected chi connectivity index (χ2v) is 6.53. The molecule has 1 heterocycles. The first-order chi connectivity index (χ1) is 9.77. The fourth-order valence-corrected chi connectivity index (χ4v) is 2.16. The Labute approximate surface area is 131 Å². The second-order valence-electron chi connectivity index (χ2n) is 6.12. The van der Waals surface area contributed by atoms with Gasteiger partial charge in [-0.3, -0.25) is 0 Å². The van der Waals surface area contributed by atoms with Crippen molar-refractivity contribution >= 4 is 24.2 Å². The zero-order valence-electron chi connectivity index (χ0n) is 13.2. The predicted octanol–water partition coefficient (Wildman–Crippen LogP) is 2.66. The van der Waals surface area contributed by atoms with Gasteiger partial charge in [-0.05, 0) is 45.3 Å². The van der Waals surface area contributed by atoms with E-state index in [1.807, 2.05) is 39.8 Å². The third-order valence-electron chi connectivity index (χ3n) is 4.03. The van der Waals surface area contributed by atoms with Crippen molar-refractivity contribution in [3.8, 4) is 5.75 Å². The molecule has 2 rings (SSSR count). The minimum atomic E-state index is -0.419. The van der Waals surface area contributed by atoms with Crippen molar-refractivity contribution < 1.29 is 18.8 Å².